The third kappa shape index (κ3) is 3.99. The van der Waals surface area contributed by atoms with E-state index in [0.717, 1.165) is 41.6 Å². The number of carbonyl (C=O) groups excluding carboxylic acids is 1. The fraction of sp³-hybridized carbons (Fsp3) is 0.417. The molecule has 3 aromatic rings. The summed E-state index contributed by atoms with van der Waals surface area (Å²) in [6, 6.07) is 12.5. The van der Waals surface area contributed by atoms with Gasteiger partial charge < -0.3 is 4.90 Å². The van der Waals surface area contributed by atoms with Crippen LogP contribution in [0.25, 0.3) is 11.4 Å². The number of rotatable bonds is 5. The zero-order chi connectivity index (χ0) is 21.2. The molecule has 5 rings (SSSR count). The maximum absolute atomic E-state index is 13.0. The van der Waals surface area contributed by atoms with E-state index < -0.39 is 0 Å². The molecular formula is C24H27N5OS. The number of hydrogen-bond donors (Lipinski definition) is 0. The van der Waals surface area contributed by atoms with E-state index in [1.165, 1.54) is 36.6 Å². The van der Waals surface area contributed by atoms with Crippen LogP contribution in [0.5, 0.6) is 0 Å². The van der Waals surface area contributed by atoms with Crippen molar-refractivity contribution < 1.29 is 4.79 Å². The van der Waals surface area contributed by atoms with Crippen LogP contribution in [-0.2, 0) is 11.2 Å². The molecule has 0 radical (unpaired) electrons. The Bertz CT molecular complexity index is 1070. The van der Waals surface area contributed by atoms with Crippen LogP contribution >= 0.6 is 11.8 Å². The van der Waals surface area contributed by atoms with Gasteiger partial charge in [-0.1, -0.05) is 49.7 Å². The second kappa shape index (κ2) is 8.83. The van der Waals surface area contributed by atoms with Crippen molar-refractivity contribution in [3.05, 3.63) is 54.4 Å². The highest BCUT2D eigenvalue weighted by Gasteiger charge is 2.30. The van der Waals surface area contributed by atoms with Crippen molar-refractivity contribution in [1.29, 1.82) is 0 Å². The maximum atomic E-state index is 13.0. The minimum absolute atomic E-state index is 0.129. The first-order chi connectivity index (χ1) is 15.2. The van der Waals surface area contributed by atoms with Gasteiger partial charge in [-0.15, -0.1) is 10.2 Å². The van der Waals surface area contributed by atoms with Gasteiger partial charge in [-0.05, 0) is 48.9 Å². The smallest absolute Gasteiger partial charge is 0.237 e. The first kappa shape index (κ1) is 20.2. The van der Waals surface area contributed by atoms with Crippen LogP contribution < -0.4 is 4.90 Å². The molecule has 0 saturated heterocycles. The molecule has 2 atom stereocenters. The zero-order valence-electron chi connectivity index (χ0n) is 17.8. The molecule has 7 heteroatoms. The topological polar surface area (TPSA) is 63.9 Å². The van der Waals surface area contributed by atoms with E-state index in [-0.39, 0.29) is 5.91 Å². The summed E-state index contributed by atoms with van der Waals surface area (Å²) in [7, 11) is 0. The van der Waals surface area contributed by atoms with Crippen LogP contribution in [0.2, 0.25) is 0 Å². The molecule has 0 spiro atoms. The molecule has 160 valence electrons. The van der Waals surface area contributed by atoms with Gasteiger partial charge in [0, 0.05) is 36.2 Å². The van der Waals surface area contributed by atoms with Gasteiger partial charge in [0.05, 0.1) is 5.75 Å². The van der Waals surface area contributed by atoms with Gasteiger partial charge >= 0.3 is 0 Å². The van der Waals surface area contributed by atoms with Crippen LogP contribution in [0.15, 0.2) is 53.9 Å². The predicted molar refractivity (Wildman–Crippen MR) is 123 cm³/mol. The van der Waals surface area contributed by atoms with E-state index in [4.69, 9.17) is 0 Å². The number of amides is 1. The number of hydrogen-bond acceptors (Lipinski definition) is 5. The molecule has 0 unspecified atom stereocenters. The molecule has 1 aromatic carbocycles. The van der Waals surface area contributed by atoms with Crippen molar-refractivity contribution in [1.82, 2.24) is 19.7 Å². The molecule has 2 aliphatic rings. The van der Waals surface area contributed by atoms with Gasteiger partial charge in [0.1, 0.15) is 0 Å². The van der Waals surface area contributed by atoms with E-state index in [2.05, 4.69) is 32.7 Å². The summed E-state index contributed by atoms with van der Waals surface area (Å²) in [5, 5.41) is 9.89. The summed E-state index contributed by atoms with van der Waals surface area (Å²) >= 11 is 1.51. The molecule has 1 aliphatic heterocycles. The molecule has 0 bridgehead atoms. The van der Waals surface area contributed by atoms with Gasteiger partial charge in [-0.25, -0.2) is 0 Å². The quantitative estimate of drug-likeness (QED) is 0.542. The number of para-hydroxylation sites is 1. The van der Waals surface area contributed by atoms with Gasteiger partial charge in [0.15, 0.2) is 11.0 Å². The van der Waals surface area contributed by atoms with E-state index in [1.807, 2.05) is 41.4 Å². The second-order valence-electron chi connectivity index (χ2n) is 8.46. The van der Waals surface area contributed by atoms with Crippen LogP contribution in [0.1, 0.15) is 44.2 Å². The number of nitrogens with zero attached hydrogens (tertiary/aromatic N) is 5. The van der Waals surface area contributed by atoms with Gasteiger partial charge in [-0.3, -0.25) is 14.3 Å². The average molecular weight is 434 g/mol. The average Bonchev–Trinajstić information content (AvgIpc) is 3.43. The maximum Gasteiger partial charge on any atom is 0.237 e. The fourth-order valence-electron chi connectivity index (χ4n) is 4.85. The first-order valence-corrected chi connectivity index (χ1v) is 12.1. The number of carbonyl (C=O) groups is 1. The minimum atomic E-state index is 0.129. The van der Waals surface area contributed by atoms with Gasteiger partial charge in [0.2, 0.25) is 5.91 Å². The third-order valence-corrected chi connectivity index (χ3v) is 7.42. The van der Waals surface area contributed by atoms with Crippen LogP contribution in [0, 0.1) is 5.92 Å². The van der Waals surface area contributed by atoms with Crippen molar-refractivity contribution in [3.63, 3.8) is 0 Å². The highest BCUT2D eigenvalue weighted by molar-refractivity contribution is 7.99. The Morgan fingerprint density at radius 3 is 2.84 bits per heavy atom. The molecular weight excluding hydrogens is 406 g/mol. The molecule has 31 heavy (non-hydrogen) atoms. The summed E-state index contributed by atoms with van der Waals surface area (Å²) in [6.45, 7) is 3.07. The number of fused-ring (bicyclic) bond motifs is 1. The number of benzene rings is 1. The monoisotopic (exact) mass is 433 g/mol. The second-order valence-corrected chi connectivity index (χ2v) is 9.40. The summed E-state index contributed by atoms with van der Waals surface area (Å²) < 4.78 is 2.27. The van der Waals surface area contributed by atoms with Crippen molar-refractivity contribution in [3.8, 4) is 11.4 Å². The number of thioether (sulfide) groups is 1. The number of aromatic nitrogens is 4. The summed E-state index contributed by atoms with van der Waals surface area (Å²) in [6.07, 6.45) is 9.36. The van der Waals surface area contributed by atoms with E-state index in [1.54, 1.807) is 6.20 Å². The Balaban J connectivity index is 1.40. The lowest BCUT2D eigenvalue weighted by Crippen LogP contribution is -2.30. The lowest BCUT2D eigenvalue weighted by atomic mass is 9.85. The SMILES string of the molecule is C[C@@H]1CCCC[C@H]1n1c(SCC(=O)N2CCc3ccccc32)nnc1-c1cccnc1. The number of pyridine rings is 1. The summed E-state index contributed by atoms with van der Waals surface area (Å²) in [4.78, 5) is 19.2. The highest BCUT2D eigenvalue weighted by Crippen LogP contribution is 2.39. The Morgan fingerprint density at radius 1 is 1.13 bits per heavy atom. The lowest BCUT2D eigenvalue weighted by Gasteiger charge is -2.31. The minimum Gasteiger partial charge on any atom is -0.311 e. The van der Waals surface area contributed by atoms with E-state index >= 15 is 0 Å². The van der Waals surface area contributed by atoms with E-state index in [9.17, 15) is 4.79 Å². The largest absolute Gasteiger partial charge is 0.311 e. The molecule has 1 fully saturated rings. The molecule has 1 amide bonds. The third-order valence-electron chi connectivity index (χ3n) is 6.50. The first-order valence-electron chi connectivity index (χ1n) is 11.1. The van der Waals surface area contributed by atoms with E-state index in [0.29, 0.717) is 17.7 Å². The highest BCUT2D eigenvalue weighted by atomic mass is 32.2. The molecule has 1 saturated carbocycles. The molecule has 2 aromatic heterocycles. The van der Waals surface area contributed by atoms with Gasteiger partial charge in [-0.2, -0.15) is 0 Å². The van der Waals surface area contributed by atoms with Crippen molar-refractivity contribution in [2.45, 2.75) is 50.2 Å². The Hall–Kier alpha value is -2.67. The van der Waals surface area contributed by atoms with Gasteiger partial charge in [0.25, 0.3) is 0 Å². The lowest BCUT2D eigenvalue weighted by molar-refractivity contribution is -0.116. The van der Waals surface area contributed by atoms with Crippen LogP contribution in [0.3, 0.4) is 0 Å². The predicted octanol–water partition coefficient (Wildman–Crippen LogP) is 4.77. The molecule has 0 N–H and O–H groups in total. The van der Waals surface area contributed by atoms with Crippen molar-refractivity contribution in [2.24, 2.45) is 5.92 Å². The van der Waals surface area contributed by atoms with Crippen LogP contribution in [-0.4, -0.2) is 38.0 Å². The standard InChI is InChI=1S/C24H27N5OS/c1-17-7-2-4-10-20(17)29-23(19-9-6-13-25-15-19)26-27-24(29)31-16-22(30)28-14-12-18-8-3-5-11-21(18)28/h3,5-6,8-9,11,13,15,17,20H,2,4,7,10,12,14,16H2,1H3/t17-,20-/m1/s1. The van der Waals surface area contributed by atoms with Crippen molar-refractivity contribution in [2.75, 3.05) is 17.2 Å². The summed E-state index contributed by atoms with van der Waals surface area (Å²) in [5.74, 6) is 1.90. The Labute approximate surface area is 187 Å². The van der Waals surface area contributed by atoms with Crippen molar-refractivity contribution >= 4 is 23.4 Å². The molecule has 3 heterocycles. The fourth-order valence-corrected chi connectivity index (χ4v) is 5.72. The Kier molecular flexibility index (Phi) is 5.76. The molecule has 1 aliphatic carbocycles. The van der Waals surface area contributed by atoms with Crippen LogP contribution in [0.4, 0.5) is 5.69 Å². The Morgan fingerprint density at radius 2 is 2.00 bits per heavy atom. The summed E-state index contributed by atoms with van der Waals surface area (Å²) in [5.41, 5.74) is 3.27. The normalized spacial score (nSPS) is 20.6. The zero-order valence-corrected chi connectivity index (χ0v) is 18.6. The number of anilines is 1. The molecule has 6 nitrogen and oxygen atoms in total.